The van der Waals surface area contributed by atoms with Crippen LogP contribution in [0.3, 0.4) is 0 Å². The van der Waals surface area contributed by atoms with Crippen LogP contribution in [0.15, 0.2) is 20.1 Å². The minimum absolute atomic E-state index is 0.389. The van der Waals surface area contributed by atoms with Crippen LogP contribution in [0.5, 0.6) is 0 Å². The summed E-state index contributed by atoms with van der Waals surface area (Å²) in [6.45, 7) is 5.28. The van der Waals surface area contributed by atoms with Gasteiger partial charge in [0.1, 0.15) is 4.21 Å². The molecule has 0 radical (unpaired) electrons. The van der Waals surface area contributed by atoms with Gasteiger partial charge in [-0.25, -0.2) is 8.42 Å². The van der Waals surface area contributed by atoms with Crippen molar-refractivity contribution in [1.29, 1.82) is 0 Å². The molecule has 0 spiro atoms. The molecule has 106 valence electrons. The Kier molecular flexibility index (Phi) is 3.98. The number of sulfonamides is 1. The van der Waals surface area contributed by atoms with Crippen molar-refractivity contribution in [3.05, 3.63) is 15.9 Å². The van der Waals surface area contributed by atoms with E-state index in [9.17, 15) is 8.42 Å². The highest BCUT2D eigenvalue weighted by Crippen LogP contribution is 2.31. The van der Waals surface area contributed by atoms with Crippen molar-refractivity contribution < 1.29 is 8.42 Å². The van der Waals surface area contributed by atoms with Crippen molar-refractivity contribution in [3.63, 3.8) is 0 Å². The predicted molar refractivity (Wildman–Crippen MR) is 79.0 cm³/mol. The molecular formula is C11H16BrN3O2S2. The molecule has 2 aliphatic heterocycles. The van der Waals surface area contributed by atoms with E-state index in [1.165, 1.54) is 11.3 Å². The third-order valence-electron chi connectivity index (χ3n) is 3.64. The van der Waals surface area contributed by atoms with Crippen LogP contribution < -0.4 is 5.32 Å². The molecular weight excluding hydrogens is 350 g/mol. The van der Waals surface area contributed by atoms with E-state index in [-0.39, 0.29) is 0 Å². The van der Waals surface area contributed by atoms with Crippen LogP contribution in [0.2, 0.25) is 0 Å². The summed E-state index contributed by atoms with van der Waals surface area (Å²) in [4.78, 5) is 2.38. The lowest BCUT2D eigenvalue weighted by molar-refractivity contribution is 0.0774. The van der Waals surface area contributed by atoms with E-state index < -0.39 is 10.0 Å². The van der Waals surface area contributed by atoms with Gasteiger partial charge < -0.3 is 5.32 Å². The van der Waals surface area contributed by atoms with Gasteiger partial charge >= 0.3 is 0 Å². The predicted octanol–water partition coefficient (Wildman–Crippen LogP) is 0.789. The second-order valence-corrected chi connectivity index (χ2v) is 9.45. The maximum Gasteiger partial charge on any atom is 0.252 e. The van der Waals surface area contributed by atoms with Gasteiger partial charge in [0.2, 0.25) is 0 Å². The number of thiophene rings is 1. The fraction of sp³-hybridized carbons (Fsp3) is 0.636. The first kappa shape index (κ1) is 14.0. The van der Waals surface area contributed by atoms with E-state index in [0.29, 0.717) is 23.3 Å². The Hall–Kier alpha value is 0.01000. The van der Waals surface area contributed by atoms with Crippen molar-refractivity contribution in [1.82, 2.24) is 14.5 Å². The Labute approximate surface area is 125 Å². The van der Waals surface area contributed by atoms with E-state index in [1.807, 2.05) is 0 Å². The summed E-state index contributed by atoms with van der Waals surface area (Å²) in [5, 5.41) is 3.31. The second kappa shape index (κ2) is 5.42. The molecule has 8 heteroatoms. The Balaban J connectivity index is 1.63. The van der Waals surface area contributed by atoms with Gasteiger partial charge in [-0.1, -0.05) is 0 Å². The van der Waals surface area contributed by atoms with Crippen molar-refractivity contribution in [2.75, 3.05) is 39.3 Å². The lowest BCUT2D eigenvalue weighted by Crippen LogP contribution is -2.63. The number of piperazine rings is 1. The quantitative estimate of drug-likeness (QED) is 0.860. The molecule has 2 saturated heterocycles. The monoisotopic (exact) mass is 365 g/mol. The first-order valence-electron chi connectivity index (χ1n) is 6.27. The van der Waals surface area contributed by atoms with Crippen LogP contribution in [0.4, 0.5) is 0 Å². The van der Waals surface area contributed by atoms with Gasteiger partial charge in [-0.15, -0.1) is 11.3 Å². The normalized spacial score (nSPS) is 23.4. The fourth-order valence-corrected chi connectivity index (χ4v) is 6.13. The molecule has 0 atom stereocenters. The molecule has 0 unspecified atom stereocenters. The minimum Gasteiger partial charge on any atom is -0.314 e. The Morgan fingerprint density at radius 3 is 2.53 bits per heavy atom. The molecule has 5 nitrogen and oxygen atoms in total. The molecule has 2 aliphatic rings. The topological polar surface area (TPSA) is 52.7 Å². The molecule has 0 bridgehead atoms. The fourth-order valence-electron chi connectivity index (χ4n) is 2.45. The van der Waals surface area contributed by atoms with Crippen LogP contribution in [-0.4, -0.2) is 62.9 Å². The minimum atomic E-state index is -3.27. The molecule has 3 heterocycles. The standard InChI is InChI=1S/C11H16BrN3O2S2/c12-10-1-2-11(18-10)19(16,17)15-7-9(8-15)14-5-3-13-4-6-14/h1-2,9,13H,3-8H2. The first-order chi connectivity index (χ1) is 9.07. The lowest BCUT2D eigenvalue weighted by Gasteiger charge is -2.45. The maximum atomic E-state index is 12.3. The van der Waals surface area contributed by atoms with Gasteiger partial charge in [-0.05, 0) is 28.1 Å². The number of nitrogens with one attached hydrogen (secondary N) is 1. The number of halogens is 1. The van der Waals surface area contributed by atoms with Crippen LogP contribution in [0, 0.1) is 0 Å². The molecule has 0 aliphatic carbocycles. The molecule has 0 aromatic carbocycles. The van der Waals surface area contributed by atoms with Gasteiger partial charge in [0.25, 0.3) is 10.0 Å². The van der Waals surface area contributed by atoms with Crippen LogP contribution >= 0.6 is 27.3 Å². The smallest absolute Gasteiger partial charge is 0.252 e. The van der Waals surface area contributed by atoms with Gasteiger partial charge in [0.05, 0.1) is 3.79 Å². The highest BCUT2D eigenvalue weighted by molar-refractivity contribution is 9.11. The summed E-state index contributed by atoms with van der Waals surface area (Å²) < 4.78 is 27.5. The molecule has 1 N–H and O–H groups in total. The average molecular weight is 366 g/mol. The molecule has 1 aromatic rings. The molecule has 2 fully saturated rings. The van der Waals surface area contributed by atoms with Crippen molar-refractivity contribution in [2.45, 2.75) is 10.3 Å². The maximum absolute atomic E-state index is 12.3. The van der Waals surface area contributed by atoms with Crippen LogP contribution in [-0.2, 0) is 10.0 Å². The van der Waals surface area contributed by atoms with Crippen molar-refractivity contribution in [3.8, 4) is 0 Å². The molecule has 1 aromatic heterocycles. The summed E-state index contributed by atoms with van der Waals surface area (Å²) in [6.07, 6.45) is 0. The zero-order valence-corrected chi connectivity index (χ0v) is 13.6. The third kappa shape index (κ3) is 2.74. The Bertz CT molecular complexity index is 548. The Morgan fingerprint density at radius 2 is 1.95 bits per heavy atom. The van der Waals surface area contributed by atoms with Crippen molar-refractivity contribution >= 4 is 37.3 Å². The van der Waals surface area contributed by atoms with Gasteiger partial charge in [-0.3, -0.25) is 4.90 Å². The molecule has 19 heavy (non-hydrogen) atoms. The summed E-state index contributed by atoms with van der Waals surface area (Å²) in [7, 11) is -3.27. The summed E-state index contributed by atoms with van der Waals surface area (Å²) in [5.41, 5.74) is 0. The number of rotatable bonds is 3. The summed E-state index contributed by atoms with van der Waals surface area (Å²) >= 11 is 4.58. The van der Waals surface area contributed by atoms with Crippen LogP contribution in [0.25, 0.3) is 0 Å². The third-order valence-corrected chi connectivity index (χ3v) is 7.56. The van der Waals surface area contributed by atoms with Gasteiger partial charge in [-0.2, -0.15) is 4.31 Å². The highest BCUT2D eigenvalue weighted by Gasteiger charge is 2.40. The SMILES string of the molecule is O=S(=O)(c1ccc(Br)s1)N1CC(N2CCNCC2)C1. The largest absolute Gasteiger partial charge is 0.314 e. The highest BCUT2D eigenvalue weighted by atomic mass is 79.9. The van der Waals surface area contributed by atoms with Gasteiger partial charge in [0.15, 0.2) is 0 Å². The van der Waals surface area contributed by atoms with Crippen molar-refractivity contribution in [2.24, 2.45) is 0 Å². The van der Waals surface area contributed by atoms with E-state index in [2.05, 4.69) is 26.1 Å². The zero-order chi connectivity index (χ0) is 13.5. The van der Waals surface area contributed by atoms with Gasteiger partial charge in [0, 0.05) is 45.3 Å². The Morgan fingerprint density at radius 1 is 1.26 bits per heavy atom. The molecule has 3 rings (SSSR count). The molecule has 0 saturated carbocycles. The summed E-state index contributed by atoms with van der Waals surface area (Å²) in [5.74, 6) is 0. The number of nitrogens with zero attached hydrogens (tertiary/aromatic N) is 2. The van der Waals surface area contributed by atoms with Crippen LogP contribution in [0.1, 0.15) is 0 Å². The van der Waals surface area contributed by atoms with E-state index in [0.717, 1.165) is 30.0 Å². The first-order valence-corrected chi connectivity index (χ1v) is 9.32. The summed E-state index contributed by atoms with van der Waals surface area (Å²) in [6, 6.07) is 3.84. The van der Waals surface area contributed by atoms with E-state index in [4.69, 9.17) is 0 Å². The lowest BCUT2D eigenvalue weighted by atomic mass is 10.1. The van der Waals surface area contributed by atoms with E-state index in [1.54, 1.807) is 16.4 Å². The second-order valence-electron chi connectivity index (χ2n) is 4.82. The van der Waals surface area contributed by atoms with E-state index >= 15 is 0 Å². The number of hydrogen-bond acceptors (Lipinski definition) is 5. The average Bonchev–Trinajstić information content (AvgIpc) is 2.76. The number of hydrogen-bond donors (Lipinski definition) is 1. The zero-order valence-electron chi connectivity index (χ0n) is 10.4. The molecule has 0 amide bonds.